The van der Waals surface area contributed by atoms with Gasteiger partial charge in [-0.1, -0.05) is 30.8 Å². The minimum Gasteiger partial charge on any atom is -0.355 e. The number of para-hydroxylation sites is 1. The van der Waals surface area contributed by atoms with Crippen molar-refractivity contribution >= 4 is 28.6 Å². The number of halogens is 1. The Kier molecular flexibility index (Phi) is 5.68. The summed E-state index contributed by atoms with van der Waals surface area (Å²) in [6.07, 6.45) is 0.852. The molecule has 5 nitrogen and oxygen atoms in total. The van der Waals surface area contributed by atoms with Crippen LogP contribution in [0.25, 0.3) is 16.6 Å². The van der Waals surface area contributed by atoms with Gasteiger partial charge in [0.25, 0.3) is 5.56 Å². The molecule has 0 saturated carbocycles. The van der Waals surface area contributed by atoms with Gasteiger partial charge in [-0.25, -0.2) is 9.37 Å². The fourth-order valence-corrected chi connectivity index (χ4v) is 3.32. The van der Waals surface area contributed by atoms with Gasteiger partial charge in [0.2, 0.25) is 5.91 Å². The maximum Gasteiger partial charge on any atom is 0.266 e. The normalized spacial score (nSPS) is 10.8. The van der Waals surface area contributed by atoms with Crippen molar-refractivity contribution in [2.45, 2.75) is 18.5 Å². The molecule has 0 atom stereocenters. The van der Waals surface area contributed by atoms with Gasteiger partial charge in [-0.15, -0.1) is 0 Å². The minimum absolute atomic E-state index is 0.120. The Morgan fingerprint density at radius 2 is 1.92 bits per heavy atom. The lowest BCUT2D eigenvalue weighted by Crippen LogP contribution is -2.27. The van der Waals surface area contributed by atoms with Crippen LogP contribution >= 0.6 is 11.8 Å². The van der Waals surface area contributed by atoms with E-state index in [1.807, 2.05) is 6.92 Å². The van der Waals surface area contributed by atoms with Gasteiger partial charge in [-0.3, -0.25) is 14.2 Å². The third-order valence-electron chi connectivity index (χ3n) is 3.73. The molecule has 7 heteroatoms. The van der Waals surface area contributed by atoms with E-state index in [9.17, 15) is 14.0 Å². The van der Waals surface area contributed by atoms with Crippen molar-refractivity contribution in [2.75, 3.05) is 12.3 Å². The molecule has 0 spiro atoms. The Hall–Kier alpha value is -2.67. The minimum atomic E-state index is -0.385. The van der Waals surface area contributed by atoms with Crippen molar-refractivity contribution in [3.63, 3.8) is 0 Å². The van der Waals surface area contributed by atoms with E-state index in [1.54, 1.807) is 24.3 Å². The van der Waals surface area contributed by atoms with Gasteiger partial charge in [0.15, 0.2) is 5.16 Å². The first kappa shape index (κ1) is 18.1. The zero-order chi connectivity index (χ0) is 18.5. The van der Waals surface area contributed by atoms with Crippen LogP contribution in [0.15, 0.2) is 58.5 Å². The molecule has 0 fully saturated rings. The van der Waals surface area contributed by atoms with Crippen LogP contribution in [0.1, 0.15) is 13.3 Å². The first-order valence-electron chi connectivity index (χ1n) is 8.27. The SMILES string of the molecule is CCCNC(=O)CSc1nc2ccccc2c(=O)n1-c1ccc(F)cc1. The average Bonchev–Trinajstić information content (AvgIpc) is 2.66. The molecule has 0 aliphatic carbocycles. The Bertz CT molecular complexity index is 986. The Balaban J connectivity index is 2.04. The van der Waals surface area contributed by atoms with Gasteiger partial charge in [-0.05, 0) is 42.8 Å². The maximum absolute atomic E-state index is 13.3. The largest absolute Gasteiger partial charge is 0.355 e. The summed E-state index contributed by atoms with van der Waals surface area (Å²) in [5.41, 5.74) is 0.817. The monoisotopic (exact) mass is 371 g/mol. The highest BCUT2D eigenvalue weighted by Gasteiger charge is 2.14. The van der Waals surface area contributed by atoms with E-state index in [2.05, 4.69) is 10.3 Å². The number of benzene rings is 2. The van der Waals surface area contributed by atoms with Crippen molar-refractivity contribution in [2.24, 2.45) is 0 Å². The maximum atomic E-state index is 13.3. The highest BCUT2D eigenvalue weighted by molar-refractivity contribution is 7.99. The number of aromatic nitrogens is 2. The van der Waals surface area contributed by atoms with Crippen LogP contribution in [0.4, 0.5) is 4.39 Å². The molecule has 1 amide bonds. The van der Waals surface area contributed by atoms with Gasteiger partial charge in [-0.2, -0.15) is 0 Å². The summed E-state index contributed by atoms with van der Waals surface area (Å²) >= 11 is 1.18. The zero-order valence-corrected chi connectivity index (χ0v) is 15.1. The van der Waals surface area contributed by atoms with E-state index >= 15 is 0 Å². The first-order valence-corrected chi connectivity index (χ1v) is 9.26. The number of hydrogen-bond donors (Lipinski definition) is 1. The number of carbonyl (C=O) groups is 1. The summed E-state index contributed by atoms with van der Waals surface area (Å²) < 4.78 is 14.7. The zero-order valence-electron chi connectivity index (χ0n) is 14.2. The van der Waals surface area contributed by atoms with E-state index in [0.29, 0.717) is 28.3 Å². The van der Waals surface area contributed by atoms with Crippen molar-refractivity contribution < 1.29 is 9.18 Å². The number of nitrogens with zero attached hydrogens (tertiary/aromatic N) is 2. The van der Waals surface area contributed by atoms with Crippen molar-refractivity contribution in [1.29, 1.82) is 0 Å². The van der Waals surface area contributed by atoms with E-state index in [4.69, 9.17) is 0 Å². The first-order chi connectivity index (χ1) is 12.6. The number of amides is 1. The fraction of sp³-hybridized carbons (Fsp3) is 0.211. The predicted molar refractivity (Wildman–Crippen MR) is 101 cm³/mol. The molecule has 0 aliphatic heterocycles. The second-order valence-electron chi connectivity index (χ2n) is 5.67. The van der Waals surface area contributed by atoms with Crippen molar-refractivity contribution in [3.8, 4) is 5.69 Å². The lowest BCUT2D eigenvalue weighted by atomic mass is 10.2. The topological polar surface area (TPSA) is 64.0 Å². The molecule has 1 heterocycles. The number of nitrogens with one attached hydrogen (secondary N) is 1. The molecular formula is C19H18FN3O2S. The summed E-state index contributed by atoms with van der Waals surface area (Å²) in [6, 6.07) is 12.7. The molecule has 3 aromatic rings. The molecule has 0 unspecified atom stereocenters. The second-order valence-corrected chi connectivity index (χ2v) is 6.61. The van der Waals surface area contributed by atoms with E-state index in [0.717, 1.165) is 6.42 Å². The molecule has 1 N–H and O–H groups in total. The molecule has 1 aromatic heterocycles. The van der Waals surface area contributed by atoms with Crippen molar-refractivity contribution in [3.05, 3.63) is 64.7 Å². The lowest BCUT2D eigenvalue weighted by Gasteiger charge is -2.13. The van der Waals surface area contributed by atoms with Crippen LogP contribution in [-0.4, -0.2) is 27.8 Å². The van der Waals surface area contributed by atoms with Gasteiger partial charge < -0.3 is 5.32 Å². The lowest BCUT2D eigenvalue weighted by molar-refractivity contribution is -0.118. The fourth-order valence-electron chi connectivity index (χ4n) is 2.47. The molecule has 0 bridgehead atoms. The molecule has 2 aromatic carbocycles. The summed E-state index contributed by atoms with van der Waals surface area (Å²) in [5.74, 6) is -0.361. The highest BCUT2D eigenvalue weighted by Crippen LogP contribution is 2.21. The molecule has 0 saturated heterocycles. The van der Waals surface area contributed by atoms with Gasteiger partial charge in [0, 0.05) is 6.54 Å². The van der Waals surface area contributed by atoms with Crippen LogP contribution < -0.4 is 10.9 Å². The van der Waals surface area contributed by atoms with Gasteiger partial charge >= 0.3 is 0 Å². The summed E-state index contributed by atoms with van der Waals surface area (Å²) in [5, 5.41) is 3.66. The Morgan fingerprint density at radius 1 is 1.19 bits per heavy atom. The molecule has 0 aliphatic rings. The average molecular weight is 371 g/mol. The van der Waals surface area contributed by atoms with Crippen LogP contribution in [0.2, 0.25) is 0 Å². The third kappa shape index (κ3) is 3.94. The van der Waals surface area contributed by atoms with Crippen molar-refractivity contribution in [1.82, 2.24) is 14.9 Å². The van der Waals surface area contributed by atoms with Crippen LogP contribution in [0.3, 0.4) is 0 Å². The molecule has 0 radical (unpaired) electrons. The summed E-state index contributed by atoms with van der Waals surface area (Å²) in [7, 11) is 0. The Morgan fingerprint density at radius 3 is 2.65 bits per heavy atom. The van der Waals surface area contributed by atoms with Crippen LogP contribution in [0, 0.1) is 5.82 Å². The second kappa shape index (κ2) is 8.14. The number of carbonyl (C=O) groups excluding carboxylic acids is 1. The summed E-state index contributed by atoms with van der Waals surface area (Å²) in [4.78, 5) is 29.4. The number of hydrogen-bond acceptors (Lipinski definition) is 4. The number of thioether (sulfide) groups is 1. The van der Waals surface area contributed by atoms with E-state index in [1.165, 1.54) is 40.6 Å². The van der Waals surface area contributed by atoms with Gasteiger partial charge in [0.1, 0.15) is 5.82 Å². The van der Waals surface area contributed by atoms with Crippen LogP contribution in [-0.2, 0) is 4.79 Å². The molecular weight excluding hydrogens is 353 g/mol. The van der Waals surface area contributed by atoms with Crippen LogP contribution in [0.5, 0.6) is 0 Å². The molecule has 26 heavy (non-hydrogen) atoms. The number of rotatable bonds is 6. The predicted octanol–water partition coefficient (Wildman–Crippen LogP) is 3.14. The van der Waals surface area contributed by atoms with Gasteiger partial charge in [0.05, 0.1) is 22.3 Å². The standard InChI is InChI=1S/C19H18FN3O2S/c1-2-11-21-17(24)12-26-19-22-16-6-4-3-5-15(16)18(25)23(19)14-9-7-13(20)8-10-14/h3-10H,2,11-12H2,1H3,(H,21,24). The Labute approximate surface area is 154 Å². The van der Waals surface area contributed by atoms with E-state index in [-0.39, 0.29) is 23.0 Å². The summed E-state index contributed by atoms with van der Waals surface area (Å²) in [6.45, 7) is 2.58. The smallest absolute Gasteiger partial charge is 0.266 e. The molecule has 134 valence electrons. The number of fused-ring (bicyclic) bond motifs is 1. The third-order valence-corrected chi connectivity index (χ3v) is 4.67. The quantitative estimate of drug-likeness (QED) is 0.534. The molecule has 3 rings (SSSR count). The highest BCUT2D eigenvalue weighted by atomic mass is 32.2. The van der Waals surface area contributed by atoms with E-state index < -0.39 is 0 Å².